The summed E-state index contributed by atoms with van der Waals surface area (Å²) in [5.74, 6) is 0.944. The molecule has 0 saturated carbocycles. The summed E-state index contributed by atoms with van der Waals surface area (Å²) in [5.41, 5.74) is 2.10. The van der Waals surface area contributed by atoms with Gasteiger partial charge in [-0.3, -0.25) is 29.6 Å². The van der Waals surface area contributed by atoms with Crippen LogP contribution in [0.5, 0.6) is 11.5 Å². The van der Waals surface area contributed by atoms with Gasteiger partial charge in [0.25, 0.3) is 11.6 Å². The van der Waals surface area contributed by atoms with Gasteiger partial charge in [0, 0.05) is 29.3 Å². The number of aromatic nitrogens is 3. The van der Waals surface area contributed by atoms with Gasteiger partial charge in [0.2, 0.25) is 5.91 Å². The summed E-state index contributed by atoms with van der Waals surface area (Å²) in [7, 11) is 3.20. The molecule has 0 unspecified atom stereocenters. The molecule has 4 aromatic rings. The first kappa shape index (κ1) is 30.1. The summed E-state index contributed by atoms with van der Waals surface area (Å²) in [5, 5.41) is 14.7. The highest BCUT2D eigenvalue weighted by molar-refractivity contribution is 9.10. The lowest BCUT2D eigenvalue weighted by Gasteiger charge is -2.37. The van der Waals surface area contributed by atoms with E-state index in [0.29, 0.717) is 57.6 Å². The van der Waals surface area contributed by atoms with Crippen LogP contribution in [-0.4, -0.2) is 70.4 Å². The fourth-order valence-electron chi connectivity index (χ4n) is 5.27. The van der Waals surface area contributed by atoms with Crippen molar-refractivity contribution < 1.29 is 24.0 Å². The second-order valence-corrected chi connectivity index (χ2v) is 11.5. The minimum absolute atomic E-state index is 0.127. The first-order valence-corrected chi connectivity index (χ1v) is 14.5. The number of methoxy groups -OCH3 is 2. The highest BCUT2D eigenvalue weighted by atomic mass is 79.9. The fourth-order valence-corrected chi connectivity index (χ4v) is 5.78. The summed E-state index contributed by atoms with van der Waals surface area (Å²) in [6.45, 7) is 5.16. The number of nitro groups is 1. The number of amides is 2. The Morgan fingerprint density at radius 3 is 2.58 bits per heavy atom. The van der Waals surface area contributed by atoms with E-state index in [1.807, 2.05) is 18.2 Å². The Kier molecular flexibility index (Phi) is 8.47. The van der Waals surface area contributed by atoms with Gasteiger partial charge >= 0.3 is 0 Å². The van der Waals surface area contributed by atoms with Gasteiger partial charge in [-0.2, -0.15) is 0 Å². The molecular formula is C30H31BrN6O6. The van der Waals surface area contributed by atoms with Crippen LogP contribution in [0.25, 0.3) is 22.6 Å². The third kappa shape index (κ3) is 5.69. The molecule has 43 heavy (non-hydrogen) atoms. The van der Waals surface area contributed by atoms with Crippen LogP contribution < -0.4 is 14.8 Å². The molecule has 0 spiro atoms. The van der Waals surface area contributed by atoms with Crippen molar-refractivity contribution in [1.29, 1.82) is 0 Å². The average molecular weight is 652 g/mol. The molecule has 0 saturated heterocycles. The largest absolute Gasteiger partial charge is 0.493 e. The zero-order valence-corrected chi connectivity index (χ0v) is 25.8. The smallest absolute Gasteiger partial charge is 0.273 e. The van der Waals surface area contributed by atoms with Crippen molar-refractivity contribution in [2.24, 2.45) is 0 Å². The Bertz CT molecular complexity index is 1740. The number of nitrogens with zero attached hydrogens (tertiary/aromatic N) is 4. The van der Waals surface area contributed by atoms with E-state index in [1.54, 1.807) is 34.1 Å². The van der Waals surface area contributed by atoms with Crippen LogP contribution in [0.3, 0.4) is 0 Å². The van der Waals surface area contributed by atoms with Gasteiger partial charge in [0.15, 0.2) is 17.3 Å². The number of hydrogen-bond acceptors (Lipinski definition) is 9. The molecule has 1 aliphatic rings. The summed E-state index contributed by atoms with van der Waals surface area (Å²) < 4.78 is 11.3. The third-order valence-corrected chi connectivity index (χ3v) is 8.21. The van der Waals surface area contributed by atoms with Crippen molar-refractivity contribution in [2.45, 2.75) is 32.1 Å². The molecule has 13 heteroatoms. The van der Waals surface area contributed by atoms with Crippen LogP contribution in [0.2, 0.25) is 0 Å². The number of benzene rings is 2. The third-order valence-electron chi connectivity index (χ3n) is 7.60. The lowest BCUT2D eigenvalue weighted by atomic mass is 9.76. The van der Waals surface area contributed by atoms with Crippen molar-refractivity contribution in [1.82, 2.24) is 25.2 Å². The molecule has 0 fully saturated rings. The molecule has 2 aromatic heterocycles. The SMILES string of the molecule is COc1ccc(CCNCCCN2C(=O)c3c(cc(Br)c4nc(-c5cc([N+](=O)[O-])ccn5)[nH]c34)C(C)(C)C2=O)cc1OC. The topological polar surface area (TPSA) is 153 Å². The Hall–Kier alpha value is -4.36. The molecule has 2 N–H and O–H groups in total. The Morgan fingerprint density at radius 1 is 1.09 bits per heavy atom. The zero-order chi connectivity index (χ0) is 30.9. The lowest BCUT2D eigenvalue weighted by Crippen LogP contribution is -2.52. The number of aromatic amines is 1. The number of H-pyrrole nitrogens is 1. The summed E-state index contributed by atoms with van der Waals surface area (Å²) in [6, 6.07) is 10.2. The lowest BCUT2D eigenvalue weighted by molar-refractivity contribution is -0.384. The van der Waals surface area contributed by atoms with Crippen molar-refractivity contribution in [3.63, 3.8) is 0 Å². The highest BCUT2D eigenvalue weighted by Crippen LogP contribution is 2.41. The van der Waals surface area contributed by atoms with E-state index < -0.39 is 16.2 Å². The molecule has 12 nitrogen and oxygen atoms in total. The zero-order valence-electron chi connectivity index (χ0n) is 24.2. The molecule has 2 amide bonds. The van der Waals surface area contributed by atoms with Crippen LogP contribution in [-0.2, 0) is 16.6 Å². The van der Waals surface area contributed by atoms with E-state index >= 15 is 0 Å². The number of ether oxygens (including phenoxy) is 2. The van der Waals surface area contributed by atoms with E-state index in [2.05, 4.69) is 36.2 Å². The summed E-state index contributed by atoms with van der Waals surface area (Å²) >= 11 is 3.54. The molecule has 0 atom stereocenters. The standard InChI is InChI=1S/C30H31BrN6O6/c1-30(2)19-16-20(31)25-26(35-27(34-25)21-15-18(37(40)41)9-12-33-21)24(19)28(38)36(29(30)39)13-5-10-32-11-8-17-6-7-22(42-3)23(14-17)43-4/h6-7,9,12,14-16,32H,5,8,10-11,13H2,1-4H3,(H,34,35). The van der Waals surface area contributed by atoms with Crippen LogP contribution in [0.4, 0.5) is 5.69 Å². The van der Waals surface area contributed by atoms with E-state index in [-0.39, 0.29) is 29.7 Å². The molecule has 0 aliphatic carbocycles. The van der Waals surface area contributed by atoms with Crippen LogP contribution in [0.15, 0.2) is 47.1 Å². The number of fused-ring (bicyclic) bond motifs is 3. The molecule has 0 bridgehead atoms. The quantitative estimate of drug-likeness (QED) is 0.101. The number of carbonyl (C=O) groups is 2. The minimum atomic E-state index is -0.976. The first-order chi connectivity index (χ1) is 20.6. The van der Waals surface area contributed by atoms with Gasteiger partial charge in [-0.15, -0.1) is 0 Å². The van der Waals surface area contributed by atoms with Gasteiger partial charge in [-0.25, -0.2) is 4.98 Å². The summed E-state index contributed by atoms with van der Waals surface area (Å²) in [6.07, 6.45) is 2.68. The Morgan fingerprint density at radius 2 is 1.86 bits per heavy atom. The molecule has 0 radical (unpaired) electrons. The second-order valence-electron chi connectivity index (χ2n) is 10.7. The van der Waals surface area contributed by atoms with E-state index in [9.17, 15) is 19.7 Å². The number of pyridine rings is 1. The molecule has 224 valence electrons. The number of rotatable bonds is 11. The number of nitrogens with one attached hydrogen (secondary N) is 2. The van der Waals surface area contributed by atoms with Crippen molar-refractivity contribution in [2.75, 3.05) is 33.9 Å². The number of imidazole rings is 1. The van der Waals surface area contributed by atoms with Gasteiger partial charge in [0.1, 0.15) is 11.2 Å². The molecule has 5 rings (SSSR count). The van der Waals surface area contributed by atoms with E-state index in [1.165, 1.54) is 23.2 Å². The maximum atomic E-state index is 13.8. The number of imide groups is 1. The van der Waals surface area contributed by atoms with E-state index in [0.717, 1.165) is 12.0 Å². The molecule has 3 heterocycles. The maximum absolute atomic E-state index is 13.8. The minimum Gasteiger partial charge on any atom is -0.493 e. The second kappa shape index (κ2) is 12.1. The summed E-state index contributed by atoms with van der Waals surface area (Å²) in [4.78, 5) is 51.4. The van der Waals surface area contributed by atoms with Gasteiger partial charge in [0.05, 0.1) is 35.6 Å². The normalized spacial score (nSPS) is 14.2. The Labute approximate surface area is 256 Å². The maximum Gasteiger partial charge on any atom is 0.273 e. The van der Waals surface area contributed by atoms with Gasteiger partial charge in [-0.1, -0.05) is 6.07 Å². The van der Waals surface area contributed by atoms with Crippen molar-refractivity contribution in [3.05, 3.63) is 73.9 Å². The molecule has 2 aromatic carbocycles. The predicted molar refractivity (Wildman–Crippen MR) is 163 cm³/mol. The predicted octanol–water partition coefficient (Wildman–Crippen LogP) is 4.80. The highest BCUT2D eigenvalue weighted by Gasteiger charge is 2.46. The fraction of sp³-hybridized carbons (Fsp3) is 0.333. The molecule has 1 aliphatic heterocycles. The van der Waals surface area contributed by atoms with Crippen LogP contribution in [0.1, 0.15) is 41.8 Å². The number of halogens is 1. The first-order valence-electron chi connectivity index (χ1n) is 13.7. The van der Waals surface area contributed by atoms with Crippen LogP contribution >= 0.6 is 15.9 Å². The monoisotopic (exact) mass is 650 g/mol. The van der Waals surface area contributed by atoms with Gasteiger partial charge < -0.3 is 19.8 Å². The van der Waals surface area contributed by atoms with Crippen molar-refractivity contribution >= 4 is 44.5 Å². The van der Waals surface area contributed by atoms with Crippen LogP contribution in [0, 0.1) is 10.1 Å². The Balaban J connectivity index is 1.32. The average Bonchev–Trinajstić information content (AvgIpc) is 3.45. The van der Waals surface area contributed by atoms with Gasteiger partial charge in [-0.05, 0) is 85.0 Å². The van der Waals surface area contributed by atoms with E-state index in [4.69, 9.17) is 9.47 Å². The number of carbonyl (C=O) groups excluding carboxylic acids is 2. The number of hydrogen-bond donors (Lipinski definition) is 2. The van der Waals surface area contributed by atoms with Crippen molar-refractivity contribution in [3.8, 4) is 23.0 Å². The molecular weight excluding hydrogens is 620 g/mol.